The zero-order valence-corrected chi connectivity index (χ0v) is 15.9. The van der Waals surface area contributed by atoms with E-state index in [2.05, 4.69) is 23.2 Å². The summed E-state index contributed by atoms with van der Waals surface area (Å²) in [5, 5.41) is 9.62. The second kappa shape index (κ2) is 7.40. The Labute approximate surface area is 160 Å². The van der Waals surface area contributed by atoms with E-state index >= 15 is 0 Å². The Kier molecular flexibility index (Phi) is 4.81. The molecule has 5 nitrogen and oxygen atoms in total. The van der Waals surface area contributed by atoms with Crippen LogP contribution in [0.25, 0.3) is 22.4 Å². The van der Waals surface area contributed by atoms with Crippen molar-refractivity contribution < 1.29 is 8.83 Å². The number of hydrogen-bond acceptors (Lipinski definition) is 6. The predicted octanol–water partition coefficient (Wildman–Crippen LogP) is 5.01. The van der Waals surface area contributed by atoms with Gasteiger partial charge >= 0.3 is 5.63 Å². The Morgan fingerprint density at radius 1 is 1.00 bits per heavy atom. The van der Waals surface area contributed by atoms with E-state index in [0.29, 0.717) is 22.4 Å². The SMILES string of the molecule is CCc1ccc2c(CSc3nnc(-c4ccc(C)cc4)o3)cc(=O)oc2c1. The van der Waals surface area contributed by atoms with Crippen LogP contribution in [0.5, 0.6) is 0 Å². The summed E-state index contributed by atoms with van der Waals surface area (Å²) in [5.41, 5.74) is 4.35. The van der Waals surface area contributed by atoms with Gasteiger partial charge in [0.1, 0.15) is 5.58 Å². The number of rotatable bonds is 5. The van der Waals surface area contributed by atoms with Crippen LogP contribution in [0.15, 0.2) is 67.4 Å². The lowest BCUT2D eigenvalue weighted by Crippen LogP contribution is -2.00. The minimum atomic E-state index is -0.350. The highest BCUT2D eigenvalue weighted by Gasteiger charge is 2.12. The largest absolute Gasteiger partial charge is 0.423 e. The molecule has 2 heterocycles. The van der Waals surface area contributed by atoms with Gasteiger partial charge in [-0.2, -0.15) is 0 Å². The third kappa shape index (κ3) is 3.80. The van der Waals surface area contributed by atoms with Crippen molar-refractivity contribution in [2.24, 2.45) is 0 Å². The van der Waals surface area contributed by atoms with Crippen molar-refractivity contribution in [2.75, 3.05) is 0 Å². The number of nitrogens with zero attached hydrogens (tertiary/aromatic N) is 2. The highest BCUT2D eigenvalue weighted by molar-refractivity contribution is 7.98. The molecule has 0 aliphatic heterocycles. The summed E-state index contributed by atoms with van der Waals surface area (Å²) in [4.78, 5) is 11.9. The van der Waals surface area contributed by atoms with E-state index < -0.39 is 0 Å². The summed E-state index contributed by atoms with van der Waals surface area (Å²) in [7, 11) is 0. The summed E-state index contributed by atoms with van der Waals surface area (Å²) in [6.45, 7) is 4.10. The lowest BCUT2D eigenvalue weighted by Gasteiger charge is -2.05. The van der Waals surface area contributed by atoms with Gasteiger partial charge in [0.05, 0.1) is 0 Å². The first-order chi connectivity index (χ1) is 13.1. The van der Waals surface area contributed by atoms with Gasteiger partial charge in [-0.05, 0) is 42.7 Å². The monoisotopic (exact) mass is 378 g/mol. The molecule has 0 saturated heterocycles. The van der Waals surface area contributed by atoms with Crippen LogP contribution in [0.3, 0.4) is 0 Å². The summed E-state index contributed by atoms with van der Waals surface area (Å²) in [6.07, 6.45) is 0.891. The number of thioether (sulfide) groups is 1. The first kappa shape index (κ1) is 17.5. The van der Waals surface area contributed by atoms with Crippen molar-refractivity contribution in [1.82, 2.24) is 10.2 Å². The Morgan fingerprint density at radius 2 is 1.81 bits per heavy atom. The van der Waals surface area contributed by atoms with E-state index in [-0.39, 0.29) is 5.63 Å². The molecular formula is C21H18N2O3S. The Bertz CT molecular complexity index is 1150. The van der Waals surface area contributed by atoms with E-state index in [4.69, 9.17) is 8.83 Å². The van der Waals surface area contributed by atoms with Crippen LogP contribution in [0.2, 0.25) is 0 Å². The first-order valence-corrected chi connectivity index (χ1v) is 9.70. The molecule has 0 fully saturated rings. The Morgan fingerprint density at radius 3 is 2.59 bits per heavy atom. The van der Waals surface area contributed by atoms with Gasteiger partial charge in [-0.3, -0.25) is 0 Å². The van der Waals surface area contributed by atoms with Crippen LogP contribution in [-0.4, -0.2) is 10.2 Å². The van der Waals surface area contributed by atoms with Crippen molar-refractivity contribution >= 4 is 22.7 Å². The van der Waals surface area contributed by atoms with E-state index in [9.17, 15) is 4.79 Å². The average Bonchev–Trinajstić information content (AvgIpc) is 3.15. The molecule has 0 spiro atoms. The summed E-state index contributed by atoms with van der Waals surface area (Å²) in [6, 6.07) is 15.4. The standard InChI is InChI=1S/C21H18N2O3S/c1-3-14-6-9-17-16(11-19(24)25-18(17)10-14)12-27-21-23-22-20(26-21)15-7-4-13(2)5-8-15/h4-11H,3,12H2,1-2H3. The summed E-state index contributed by atoms with van der Waals surface area (Å²) >= 11 is 1.40. The van der Waals surface area contributed by atoms with Gasteiger partial charge in [0.15, 0.2) is 0 Å². The zero-order chi connectivity index (χ0) is 18.8. The maximum Gasteiger partial charge on any atom is 0.336 e. The number of fused-ring (bicyclic) bond motifs is 1. The molecule has 136 valence electrons. The van der Waals surface area contributed by atoms with E-state index in [1.807, 2.05) is 43.3 Å². The molecular weight excluding hydrogens is 360 g/mol. The van der Waals surface area contributed by atoms with Gasteiger partial charge in [0, 0.05) is 22.8 Å². The van der Waals surface area contributed by atoms with Crippen molar-refractivity contribution in [1.29, 1.82) is 0 Å². The van der Waals surface area contributed by atoms with Crippen LogP contribution >= 0.6 is 11.8 Å². The number of hydrogen-bond donors (Lipinski definition) is 0. The van der Waals surface area contributed by atoms with Crippen LogP contribution in [-0.2, 0) is 12.2 Å². The topological polar surface area (TPSA) is 69.1 Å². The maximum atomic E-state index is 11.9. The normalized spacial score (nSPS) is 11.2. The van der Waals surface area contributed by atoms with Gasteiger partial charge in [0.2, 0.25) is 5.89 Å². The smallest absolute Gasteiger partial charge is 0.336 e. The number of aryl methyl sites for hydroxylation is 2. The molecule has 0 aliphatic carbocycles. The van der Waals surface area contributed by atoms with Gasteiger partial charge in [-0.25, -0.2) is 4.79 Å². The molecule has 4 rings (SSSR count). The highest BCUT2D eigenvalue weighted by atomic mass is 32.2. The average molecular weight is 378 g/mol. The third-order valence-corrected chi connectivity index (χ3v) is 5.23. The molecule has 2 aromatic heterocycles. The minimum Gasteiger partial charge on any atom is -0.423 e. The van der Waals surface area contributed by atoms with Crippen LogP contribution in [0.4, 0.5) is 0 Å². The second-order valence-electron chi connectivity index (χ2n) is 6.30. The highest BCUT2D eigenvalue weighted by Crippen LogP contribution is 2.28. The molecule has 2 aromatic carbocycles. The van der Waals surface area contributed by atoms with Crippen LogP contribution in [0, 0.1) is 6.92 Å². The lowest BCUT2D eigenvalue weighted by atomic mass is 10.1. The molecule has 4 aromatic rings. The van der Waals surface area contributed by atoms with E-state index in [0.717, 1.165) is 28.5 Å². The van der Waals surface area contributed by atoms with Crippen LogP contribution < -0.4 is 5.63 Å². The summed E-state index contributed by atoms with van der Waals surface area (Å²) < 4.78 is 11.1. The fourth-order valence-electron chi connectivity index (χ4n) is 2.83. The van der Waals surface area contributed by atoms with E-state index in [1.165, 1.54) is 23.4 Å². The van der Waals surface area contributed by atoms with E-state index in [1.54, 1.807) is 0 Å². The molecule has 6 heteroatoms. The summed E-state index contributed by atoms with van der Waals surface area (Å²) in [5.74, 6) is 1.03. The van der Waals surface area contributed by atoms with Gasteiger partial charge in [-0.1, -0.05) is 48.5 Å². The Balaban J connectivity index is 1.57. The number of benzene rings is 2. The van der Waals surface area contributed by atoms with Gasteiger partial charge < -0.3 is 8.83 Å². The zero-order valence-electron chi connectivity index (χ0n) is 15.1. The quantitative estimate of drug-likeness (QED) is 0.359. The maximum absolute atomic E-state index is 11.9. The van der Waals surface area contributed by atoms with Gasteiger partial charge in [-0.15, -0.1) is 10.2 Å². The van der Waals surface area contributed by atoms with Crippen LogP contribution in [0.1, 0.15) is 23.6 Å². The molecule has 0 atom stereocenters. The molecule has 0 N–H and O–H groups in total. The van der Waals surface area contributed by atoms with Crippen molar-refractivity contribution in [2.45, 2.75) is 31.2 Å². The van der Waals surface area contributed by atoms with Crippen molar-refractivity contribution in [3.8, 4) is 11.5 Å². The molecule has 0 aliphatic rings. The third-order valence-electron chi connectivity index (χ3n) is 4.36. The first-order valence-electron chi connectivity index (χ1n) is 8.71. The minimum absolute atomic E-state index is 0.350. The molecule has 0 bridgehead atoms. The van der Waals surface area contributed by atoms with Gasteiger partial charge in [0.25, 0.3) is 5.22 Å². The molecule has 0 amide bonds. The second-order valence-corrected chi connectivity index (χ2v) is 7.23. The predicted molar refractivity (Wildman–Crippen MR) is 106 cm³/mol. The number of aromatic nitrogens is 2. The fourth-order valence-corrected chi connectivity index (χ4v) is 3.59. The lowest BCUT2D eigenvalue weighted by molar-refractivity contribution is 0.466. The molecule has 0 unspecified atom stereocenters. The van der Waals surface area contributed by atoms with Crippen molar-refractivity contribution in [3.05, 3.63) is 75.6 Å². The van der Waals surface area contributed by atoms with Crippen molar-refractivity contribution in [3.63, 3.8) is 0 Å². The molecule has 0 radical (unpaired) electrons. The Hall–Kier alpha value is -2.86. The molecule has 27 heavy (non-hydrogen) atoms. The fraction of sp³-hybridized carbons (Fsp3) is 0.190. The molecule has 0 saturated carbocycles.